The van der Waals surface area contributed by atoms with E-state index < -0.39 is 17.7 Å². The Bertz CT molecular complexity index is 598. The zero-order valence-corrected chi connectivity index (χ0v) is 13.1. The highest BCUT2D eigenvalue weighted by Crippen LogP contribution is 2.26. The molecule has 2 aromatic rings. The Kier molecular flexibility index (Phi) is 5.44. The van der Waals surface area contributed by atoms with Gasteiger partial charge in [-0.1, -0.05) is 6.07 Å². The van der Waals surface area contributed by atoms with Crippen LogP contribution >= 0.6 is 15.9 Å². The molecule has 0 radical (unpaired) electrons. The standard InChI is InChI=1S/C14H16BrF2N3O/c1-21-6-5-20-14(10(15)8-19-20)13(18)7-9-11(16)3-2-4-12(9)17/h2-4,8,13H,5-7,18H2,1H3. The molecular formula is C14H16BrF2N3O. The fraction of sp³-hybridized carbons (Fsp3) is 0.357. The molecule has 0 amide bonds. The van der Waals surface area contributed by atoms with Crippen LogP contribution in [0.25, 0.3) is 0 Å². The molecule has 2 N–H and O–H groups in total. The fourth-order valence-electron chi connectivity index (χ4n) is 2.14. The van der Waals surface area contributed by atoms with Gasteiger partial charge in [0.25, 0.3) is 0 Å². The van der Waals surface area contributed by atoms with Crippen LogP contribution in [0.3, 0.4) is 0 Å². The van der Waals surface area contributed by atoms with E-state index in [0.29, 0.717) is 23.3 Å². The molecule has 1 heterocycles. The number of nitrogens with two attached hydrogens (primary N) is 1. The van der Waals surface area contributed by atoms with Crippen molar-refractivity contribution in [3.05, 3.63) is 51.8 Å². The molecule has 0 aliphatic rings. The Labute approximate surface area is 130 Å². The molecule has 7 heteroatoms. The highest BCUT2D eigenvalue weighted by Gasteiger charge is 2.20. The molecule has 4 nitrogen and oxygen atoms in total. The first-order valence-corrected chi connectivity index (χ1v) is 7.22. The third-order valence-electron chi connectivity index (χ3n) is 3.18. The maximum absolute atomic E-state index is 13.7. The molecule has 1 atom stereocenters. The van der Waals surface area contributed by atoms with Crippen LogP contribution in [-0.4, -0.2) is 23.5 Å². The van der Waals surface area contributed by atoms with E-state index in [4.69, 9.17) is 10.5 Å². The van der Waals surface area contributed by atoms with Gasteiger partial charge in [0, 0.05) is 12.7 Å². The quantitative estimate of drug-likeness (QED) is 0.862. The lowest BCUT2D eigenvalue weighted by Crippen LogP contribution is -2.21. The smallest absolute Gasteiger partial charge is 0.129 e. The first-order valence-electron chi connectivity index (χ1n) is 6.43. The van der Waals surface area contributed by atoms with Gasteiger partial charge in [0.05, 0.1) is 35.6 Å². The number of hydrogen-bond donors (Lipinski definition) is 1. The molecule has 2 rings (SSSR count). The minimum atomic E-state index is -0.593. The van der Waals surface area contributed by atoms with Crippen molar-refractivity contribution in [1.82, 2.24) is 9.78 Å². The molecule has 114 valence electrons. The summed E-state index contributed by atoms with van der Waals surface area (Å²) in [7, 11) is 1.59. The van der Waals surface area contributed by atoms with Crippen LogP contribution in [0.5, 0.6) is 0 Å². The van der Waals surface area contributed by atoms with Crippen LogP contribution in [0.1, 0.15) is 17.3 Å². The zero-order chi connectivity index (χ0) is 15.4. The lowest BCUT2D eigenvalue weighted by atomic mass is 10.0. The normalized spacial score (nSPS) is 12.6. The summed E-state index contributed by atoms with van der Waals surface area (Å²) >= 11 is 3.37. The summed E-state index contributed by atoms with van der Waals surface area (Å²) in [5, 5.41) is 4.18. The van der Waals surface area contributed by atoms with E-state index in [0.717, 1.165) is 0 Å². The van der Waals surface area contributed by atoms with Crippen molar-refractivity contribution < 1.29 is 13.5 Å². The van der Waals surface area contributed by atoms with Crippen LogP contribution in [0.15, 0.2) is 28.9 Å². The van der Waals surface area contributed by atoms with Gasteiger partial charge in [0.2, 0.25) is 0 Å². The number of aromatic nitrogens is 2. The van der Waals surface area contributed by atoms with E-state index in [2.05, 4.69) is 21.0 Å². The third-order valence-corrected chi connectivity index (χ3v) is 3.79. The molecule has 1 aromatic heterocycles. The Balaban J connectivity index is 2.24. The van der Waals surface area contributed by atoms with Crippen LogP contribution in [0, 0.1) is 11.6 Å². The summed E-state index contributed by atoms with van der Waals surface area (Å²) < 4.78 is 34.8. The number of ether oxygens (including phenoxy) is 1. The maximum Gasteiger partial charge on any atom is 0.129 e. The van der Waals surface area contributed by atoms with Crippen molar-refractivity contribution >= 4 is 15.9 Å². The molecule has 0 aliphatic carbocycles. The summed E-state index contributed by atoms with van der Waals surface area (Å²) in [5.41, 5.74) is 6.79. The SMILES string of the molecule is COCCn1ncc(Br)c1C(N)Cc1c(F)cccc1F. The molecule has 0 spiro atoms. The lowest BCUT2D eigenvalue weighted by Gasteiger charge is -2.16. The van der Waals surface area contributed by atoms with E-state index in [-0.39, 0.29) is 12.0 Å². The average molecular weight is 360 g/mol. The van der Waals surface area contributed by atoms with Crippen molar-refractivity contribution in [3.8, 4) is 0 Å². The Morgan fingerprint density at radius 3 is 2.67 bits per heavy atom. The molecule has 0 aliphatic heterocycles. The van der Waals surface area contributed by atoms with Gasteiger partial charge in [-0.05, 0) is 34.5 Å². The first kappa shape index (κ1) is 16.1. The van der Waals surface area contributed by atoms with E-state index in [1.165, 1.54) is 18.2 Å². The maximum atomic E-state index is 13.7. The summed E-state index contributed by atoms with van der Waals surface area (Å²) in [6.07, 6.45) is 1.67. The van der Waals surface area contributed by atoms with E-state index in [9.17, 15) is 8.78 Å². The Hall–Kier alpha value is -1.31. The lowest BCUT2D eigenvalue weighted by molar-refractivity contribution is 0.182. The molecule has 0 saturated heterocycles. The van der Waals surface area contributed by atoms with Gasteiger partial charge in [-0.3, -0.25) is 4.68 Å². The van der Waals surface area contributed by atoms with Crippen LogP contribution in [0.2, 0.25) is 0 Å². The van der Waals surface area contributed by atoms with Crippen LogP contribution in [-0.2, 0) is 17.7 Å². The summed E-state index contributed by atoms with van der Waals surface area (Å²) in [4.78, 5) is 0. The molecule has 0 saturated carbocycles. The van der Waals surface area contributed by atoms with E-state index in [1.54, 1.807) is 18.0 Å². The van der Waals surface area contributed by atoms with Gasteiger partial charge in [-0.15, -0.1) is 0 Å². The highest BCUT2D eigenvalue weighted by molar-refractivity contribution is 9.10. The Morgan fingerprint density at radius 2 is 2.05 bits per heavy atom. The minimum Gasteiger partial charge on any atom is -0.383 e. The molecule has 0 fully saturated rings. The molecule has 1 aromatic carbocycles. The molecule has 21 heavy (non-hydrogen) atoms. The van der Waals surface area contributed by atoms with Crippen molar-refractivity contribution in [2.45, 2.75) is 19.0 Å². The van der Waals surface area contributed by atoms with Crippen LogP contribution < -0.4 is 5.73 Å². The van der Waals surface area contributed by atoms with Gasteiger partial charge < -0.3 is 10.5 Å². The second-order valence-electron chi connectivity index (χ2n) is 4.60. The summed E-state index contributed by atoms with van der Waals surface area (Å²) in [5.74, 6) is -1.19. The number of benzene rings is 1. The minimum absolute atomic E-state index is 0.0172. The van der Waals surface area contributed by atoms with Gasteiger partial charge in [-0.25, -0.2) is 8.78 Å². The fourth-order valence-corrected chi connectivity index (χ4v) is 2.73. The van der Waals surface area contributed by atoms with Crippen molar-refractivity contribution in [3.63, 3.8) is 0 Å². The molecule has 0 bridgehead atoms. The number of nitrogens with zero attached hydrogens (tertiary/aromatic N) is 2. The largest absolute Gasteiger partial charge is 0.383 e. The molecule has 1 unspecified atom stereocenters. The van der Waals surface area contributed by atoms with Gasteiger partial charge in [0.15, 0.2) is 0 Å². The second kappa shape index (κ2) is 7.11. The van der Waals surface area contributed by atoms with Gasteiger partial charge in [0.1, 0.15) is 11.6 Å². The number of rotatable bonds is 6. The monoisotopic (exact) mass is 359 g/mol. The van der Waals surface area contributed by atoms with Crippen molar-refractivity contribution in [2.24, 2.45) is 5.73 Å². The predicted octanol–water partition coefficient (Wildman–Crippen LogP) is 2.81. The Morgan fingerprint density at radius 1 is 1.38 bits per heavy atom. The number of methoxy groups -OCH3 is 1. The zero-order valence-electron chi connectivity index (χ0n) is 11.5. The third kappa shape index (κ3) is 3.66. The number of hydrogen-bond acceptors (Lipinski definition) is 3. The van der Waals surface area contributed by atoms with Gasteiger partial charge >= 0.3 is 0 Å². The molecular weight excluding hydrogens is 344 g/mol. The second-order valence-corrected chi connectivity index (χ2v) is 5.46. The topological polar surface area (TPSA) is 53.1 Å². The average Bonchev–Trinajstić information content (AvgIpc) is 2.81. The van der Waals surface area contributed by atoms with Crippen LogP contribution in [0.4, 0.5) is 8.78 Å². The van der Waals surface area contributed by atoms with Gasteiger partial charge in [-0.2, -0.15) is 5.10 Å². The first-order chi connectivity index (χ1) is 10.0. The van der Waals surface area contributed by atoms with E-state index >= 15 is 0 Å². The highest BCUT2D eigenvalue weighted by atomic mass is 79.9. The number of halogens is 3. The summed E-state index contributed by atoms with van der Waals surface area (Å²) in [6, 6.07) is 3.20. The predicted molar refractivity (Wildman–Crippen MR) is 78.8 cm³/mol. The van der Waals surface area contributed by atoms with Crippen molar-refractivity contribution in [1.29, 1.82) is 0 Å². The van der Waals surface area contributed by atoms with E-state index in [1.807, 2.05) is 0 Å². The van der Waals surface area contributed by atoms with Crippen molar-refractivity contribution in [2.75, 3.05) is 13.7 Å². The summed E-state index contributed by atoms with van der Waals surface area (Å²) in [6.45, 7) is 0.993.